The van der Waals surface area contributed by atoms with Crippen molar-refractivity contribution in [2.75, 3.05) is 6.54 Å². The van der Waals surface area contributed by atoms with Crippen LogP contribution in [0.2, 0.25) is 0 Å². The molecule has 2 aromatic rings. The van der Waals surface area contributed by atoms with E-state index in [0.717, 1.165) is 0 Å². The zero-order valence-electron chi connectivity index (χ0n) is 11.0. The summed E-state index contributed by atoms with van der Waals surface area (Å²) < 4.78 is 2.00. The second kappa shape index (κ2) is 4.39. The molecule has 0 saturated heterocycles. The average Bonchev–Trinajstić information content (AvgIpc) is 2.78. The third kappa shape index (κ3) is 1.65. The fraction of sp³-hybridized carbons (Fsp3) is 0.533. The molecule has 3 heteroatoms. The number of para-hydroxylation sites is 1. The minimum absolute atomic E-state index is 0.110. The van der Waals surface area contributed by atoms with Crippen molar-refractivity contribution < 1.29 is 0 Å². The van der Waals surface area contributed by atoms with E-state index >= 15 is 0 Å². The Hall–Kier alpha value is -1.35. The van der Waals surface area contributed by atoms with E-state index in [1.807, 2.05) is 11.7 Å². The van der Waals surface area contributed by atoms with Gasteiger partial charge >= 0.3 is 0 Å². The van der Waals surface area contributed by atoms with E-state index in [9.17, 15) is 0 Å². The van der Waals surface area contributed by atoms with Crippen LogP contribution in [0.15, 0.2) is 24.3 Å². The van der Waals surface area contributed by atoms with Crippen molar-refractivity contribution in [1.82, 2.24) is 9.78 Å². The fourth-order valence-electron chi connectivity index (χ4n) is 3.37. The smallest absolute Gasteiger partial charge is 0.0777 e. The SMILES string of the molecule is Cn1nc(C2(CN)CCCCC2)c2ccccc21. The quantitative estimate of drug-likeness (QED) is 0.881. The van der Waals surface area contributed by atoms with Gasteiger partial charge in [-0.15, -0.1) is 0 Å². The van der Waals surface area contributed by atoms with E-state index in [1.165, 1.54) is 48.7 Å². The summed E-state index contributed by atoms with van der Waals surface area (Å²) in [6, 6.07) is 8.49. The highest BCUT2D eigenvalue weighted by Gasteiger charge is 2.36. The lowest BCUT2D eigenvalue weighted by molar-refractivity contribution is 0.294. The van der Waals surface area contributed by atoms with Crippen LogP contribution in [0.4, 0.5) is 0 Å². The number of aromatic nitrogens is 2. The van der Waals surface area contributed by atoms with E-state index < -0.39 is 0 Å². The number of benzene rings is 1. The van der Waals surface area contributed by atoms with E-state index in [1.54, 1.807) is 0 Å². The molecule has 1 aliphatic carbocycles. The minimum Gasteiger partial charge on any atom is -0.330 e. The molecule has 0 unspecified atom stereocenters. The maximum absolute atomic E-state index is 6.12. The van der Waals surface area contributed by atoms with Gasteiger partial charge in [-0.2, -0.15) is 5.10 Å². The van der Waals surface area contributed by atoms with Gasteiger partial charge in [0.1, 0.15) is 0 Å². The first-order valence-corrected chi connectivity index (χ1v) is 6.89. The highest BCUT2D eigenvalue weighted by atomic mass is 15.3. The van der Waals surface area contributed by atoms with Gasteiger partial charge in [0, 0.05) is 24.4 Å². The maximum Gasteiger partial charge on any atom is 0.0777 e. The van der Waals surface area contributed by atoms with E-state index in [-0.39, 0.29) is 5.41 Å². The van der Waals surface area contributed by atoms with Crippen LogP contribution in [0.3, 0.4) is 0 Å². The summed E-state index contributed by atoms with van der Waals surface area (Å²) in [4.78, 5) is 0. The number of nitrogens with zero attached hydrogens (tertiary/aromatic N) is 2. The molecule has 0 amide bonds. The van der Waals surface area contributed by atoms with Gasteiger partial charge in [0.2, 0.25) is 0 Å². The van der Waals surface area contributed by atoms with Gasteiger partial charge in [-0.25, -0.2) is 0 Å². The Morgan fingerprint density at radius 3 is 2.67 bits per heavy atom. The molecular formula is C15H21N3. The van der Waals surface area contributed by atoms with E-state index in [0.29, 0.717) is 6.54 Å². The first kappa shape index (κ1) is 11.7. The van der Waals surface area contributed by atoms with Crippen molar-refractivity contribution >= 4 is 10.9 Å². The lowest BCUT2D eigenvalue weighted by Gasteiger charge is -2.35. The van der Waals surface area contributed by atoms with Crippen molar-refractivity contribution in [2.45, 2.75) is 37.5 Å². The molecule has 1 aromatic heterocycles. The van der Waals surface area contributed by atoms with Crippen LogP contribution in [-0.2, 0) is 12.5 Å². The second-order valence-corrected chi connectivity index (χ2v) is 5.53. The predicted molar refractivity (Wildman–Crippen MR) is 74.5 cm³/mol. The molecule has 0 atom stereocenters. The Kier molecular flexibility index (Phi) is 2.86. The lowest BCUT2D eigenvalue weighted by atomic mass is 9.71. The molecule has 0 aliphatic heterocycles. The molecule has 3 rings (SSSR count). The summed E-state index contributed by atoms with van der Waals surface area (Å²) in [5, 5.41) is 6.08. The Morgan fingerprint density at radius 1 is 1.22 bits per heavy atom. The van der Waals surface area contributed by atoms with Crippen LogP contribution >= 0.6 is 0 Å². The zero-order chi connectivity index (χ0) is 12.6. The number of hydrogen-bond acceptors (Lipinski definition) is 2. The van der Waals surface area contributed by atoms with Gasteiger partial charge in [0.15, 0.2) is 0 Å². The molecule has 1 aromatic carbocycles. The third-order valence-electron chi connectivity index (χ3n) is 4.46. The summed E-state index contributed by atoms with van der Waals surface area (Å²) in [5.41, 5.74) is 8.67. The molecule has 1 fully saturated rings. The van der Waals surface area contributed by atoms with Gasteiger partial charge in [-0.1, -0.05) is 37.5 Å². The second-order valence-electron chi connectivity index (χ2n) is 5.53. The van der Waals surface area contributed by atoms with Crippen molar-refractivity contribution in [3.8, 4) is 0 Å². The van der Waals surface area contributed by atoms with Crippen LogP contribution in [0.5, 0.6) is 0 Å². The Morgan fingerprint density at radius 2 is 1.94 bits per heavy atom. The highest BCUT2D eigenvalue weighted by Crippen LogP contribution is 2.40. The first-order valence-electron chi connectivity index (χ1n) is 6.89. The van der Waals surface area contributed by atoms with E-state index in [2.05, 4.69) is 24.3 Å². The van der Waals surface area contributed by atoms with Crippen LogP contribution in [-0.4, -0.2) is 16.3 Å². The highest BCUT2D eigenvalue weighted by molar-refractivity contribution is 5.83. The molecule has 0 bridgehead atoms. The molecule has 1 aliphatic rings. The summed E-state index contributed by atoms with van der Waals surface area (Å²) in [6.45, 7) is 0.716. The predicted octanol–water partition coefficient (Wildman–Crippen LogP) is 2.73. The molecule has 18 heavy (non-hydrogen) atoms. The minimum atomic E-state index is 0.110. The van der Waals surface area contributed by atoms with Crippen molar-refractivity contribution in [3.05, 3.63) is 30.0 Å². The summed E-state index contributed by atoms with van der Waals surface area (Å²) in [5.74, 6) is 0. The summed E-state index contributed by atoms with van der Waals surface area (Å²) >= 11 is 0. The molecule has 3 nitrogen and oxygen atoms in total. The number of rotatable bonds is 2. The monoisotopic (exact) mass is 243 g/mol. The average molecular weight is 243 g/mol. The maximum atomic E-state index is 6.12. The zero-order valence-corrected chi connectivity index (χ0v) is 11.0. The normalized spacial score (nSPS) is 19.2. The number of aryl methyl sites for hydroxylation is 1. The largest absolute Gasteiger partial charge is 0.330 e. The van der Waals surface area contributed by atoms with Crippen LogP contribution < -0.4 is 5.73 Å². The van der Waals surface area contributed by atoms with Gasteiger partial charge in [0.05, 0.1) is 11.2 Å². The van der Waals surface area contributed by atoms with Crippen molar-refractivity contribution in [2.24, 2.45) is 12.8 Å². The van der Waals surface area contributed by atoms with E-state index in [4.69, 9.17) is 10.8 Å². The lowest BCUT2D eigenvalue weighted by Crippen LogP contribution is -2.37. The summed E-state index contributed by atoms with van der Waals surface area (Å²) in [7, 11) is 2.03. The van der Waals surface area contributed by atoms with Gasteiger partial charge < -0.3 is 5.73 Å². The Bertz CT molecular complexity index is 550. The molecule has 0 spiro atoms. The summed E-state index contributed by atoms with van der Waals surface area (Å²) in [6.07, 6.45) is 6.27. The number of nitrogens with two attached hydrogens (primary N) is 1. The Balaban J connectivity index is 2.18. The van der Waals surface area contributed by atoms with Gasteiger partial charge in [-0.3, -0.25) is 4.68 Å². The van der Waals surface area contributed by atoms with Crippen LogP contribution in [0, 0.1) is 0 Å². The fourth-order valence-corrected chi connectivity index (χ4v) is 3.37. The first-order chi connectivity index (χ1) is 8.77. The molecule has 2 N–H and O–H groups in total. The van der Waals surface area contributed by atoms with Crippen LogP contribution in [0.25, 0.3) is 10.9 Å². The third-order valence-corrected chi connectivity index (χ3v) is 4.46. The Labute approximate surface area is 108 Å². The molecular weight excluding hydrogens is 222 g/mol. The van der Waals surface area contributed by atoms with Crippen molar-refractivity contribution in [1.29, 1.82) is 0 Å². The number of hydrogen-bond donors (Lipinski definition) is 1. The van der Waals surface area contributed by atoms with Gasteiger partial charge in [0.25, 0.3) is 0 Å². The topological polar surface area (TPSA) is 43.8 Å². The standard InChI is InChI=1S/C15H21N3/c1-18-13-8-4-3-7-12(13)14(17-18)15(11-16)9-5-2-6-10-15/h3-4,7-8H,2,5-6,9-11,16H2,1H3. The number of fused-ring (bicyclic) bond motifs is 1. The van der Waals surface area contributed by atoms with Crippen molar-refractivity contribution in [3.63, 3.8) is 0 Å². The molecule has 96 valence electrons. The van der Waals surface area contributed by atoms with Gasteiger partial charge in [-0.05, 0) is 18.9 Å². The molecule has 1 saturated carbocycles. The molecule has 0 radical (unpaired) electrons. The van der Waals surface area contributed by atoms with Crippen LogP contribution in [0.1, 0.15) is 37.8 Å². The molecule has 1 heterocycles.